The highest BCUT2D eigenvalue weighted by atomic mass is 16.2. The van der Waals surface area contributed by atoms with E-state index < -0.39 is 6.03 Å². The van der Waals surface area contributed by atoms with Crippen molar-refractivity contribution in [2.24, 2.45) is 17.6 Å². The molecule has 3 atom stereocenters. The SMILES string of the molecule is NC(=O)Nc1ccc(NC2CC3CC=CC32)cc1. The zero-order valence-corrected chi connectivity index (χ0v) is 10.1. The lowest BCUT2D eigenvalue weighted by atomic mass is 9.71. The van der Waals surface area contributed by atoms with Crippen LogP contribution in [0, 0.1) is 11.8 Å². The minimum atomic E-state index is -0.534. The number of carbonyl (C=O) groups is 1. The number of nitrogens with two attached hydrogens (primary N) is 1. The van der Waals surface area contributed by atoms with E-state index >= 15 is 0 Å². The van der Waals surface area contributed by atoms with Gasteiger partial charge in [0, 0.05) is 23.3 Å². The molecule has 1 aromatic rings. The molecule has 0 aromatic heterocycles. The predicted octanol–water partition coefficient (Wildman–Crippen LogP) is 2.55. The summed E-state index contributed by atoms with van der Waals surface area (Å²) in [5.41, 5.74) is 6.87. The number of allylic oxidation sites excluding steroid dienone is 1. The Kier molecular flexibility index (Phi) is 2.70. The summed E-state index contributed by atoms with van der Waals surface area (Å²) in [6, 6.07) is 7.67. The Morgan fingerprint density at radius 2 is 1.94 bits per heavy atom. The lowest BCUT2D eigenvalue weighted by Crippen LogP contribution is -2.43. The number of hydrogen-bond donors (Lipinski definition) is 3. The number of anilines is 2. The van der Waals surface area contributed by atoms with E-state index in [4.69, 9.17) is 5.73 Å². The Hall–Kier alpha value is -1.97. The lowest BCUT2D eigenvalue weighted by molar-refractivity contribution is 0.218. The normalized spacial score (nSPS) is 28.3. The smallest absolute Gasteiger partial charge is 0.316 e. The molecule has 94 valence electrons. The van der Waals surface area contributed by atoms with Gasteiger partial charge in [-0.15, -0.1) is 0 Å². The molecule has 18 heavy (non-hydrogen) atoms. The molecular formula is C14H17N3O. The number of primary amides is 1. The summed E-state index contributed by atoms with van der Waals surface area (Å²) in [5.74, 6) is 1.56. The number of nitrogens with one attached hydrogen (secondary N) is 2. The molecule has 0 aliphatic heterocycles. The van der Waals surface area contributed by atoms with Gasteiger partial charge in [0.2, 0.25) is 0 Å². The van der Waals surface area contributed by atoms with Crippen LogP contribution < -0.4 is 16.4 Å². The molecule has 1 aromatic carbocycles. The molecule has 1 saturated carbocycles. The van der Waals surface area contributed by atoms with E-state index in [-0.39, 0.29) is 0 Å². The first-order valence-corrected chi connectivity index (χ1v) is 6.32. The van der Waals surface area contributed by atoms with Crippen molar-refractivity contribution in [3.8, 4) is 0 Å². The van der Waals surface area contributed by atoms with E-state index in [0.29, 0.717) is 12.0 Å². The third-order valence-electron chi connectivity index (χ3n) is 3.87. The van der Waals surface area contributed by atoms with Gasteiger partial charge in [-0.25, -0.2) is 4.79 Å². The van der Waals surface area contributed by atoms with Crippen LogP contribution in [-0.2, 0) is 0 Å². The van der Waals surface area contributed by atoms with Crippen molar-refractivity contribution in [1.29, 1.82) is 0 Å². The number of benzene rings is 1. The molecule has 0 spiro atoms. The molecule has 0 radical (unpaired) electrons. The van der Waals surface area contributed by atoms with Gasteiger partial charge < -0.3 is 16.4 Å². The van der Waals surface area contributed by atoms with Crippen molar-refractivity contribution in [1.82, 2.24) is 0 Å². The number of fused-ring (bicyclic) bond motifs is 1. The fourth-order valence-electron chi connectivity index (χ4n) is 2.89. The van der Waals surface area contributed by atoms with E-state index in [9.17, 15) is 4.79 Å². The summed E-state index contributed by atoms with van der Waals surface area (Å²) >= 11 is 0. The molecule has 0 bridgehead atoms. The third-order valence-corrected chi connectivity index (χ3v) is 3.87. The van der Waals surface area contributed by atoms with Gasteiger partial charge in [0.25, 0.3) is 0 Å². The first-order chi connectivity index (χ1) is 8.72. The second-order valence-electron chi connectivity index (χ2n) is 5.05. The zero-order valence-electron chi connectivity index (χ0n) is 10.1. The standard InChI is InChI=1S/C14H17N3O/c15-14(18)17-11-6-4-10(5-7-11)16-13-8-9-2-1-3-12(9)13/h1,3-7,9,12-13,16H,2,8H2,(H3,15,17,18). The first kappa shape index (κ1) is 11.1. The van der Waals surface area contributed by atoms with E-state index in [1.165, 1.54) is 12.8 Å². The summed E-state index contributed by atoms with van der Waals surface area (Å²) in [7, 11) is 0. The Bertz CT molecular complexity index is 480. The fourth-order valence-corrected chi connectivity index (χ4v) is 2.89. The predicted molar refractivity (Wildman–Crippen MR) is 72.4 cm³/mol. The number of hydrogen-bond acceptors (Lipinski definition) is 2. The van der Waals surface area contributed by atoms with E-state index in [1.54, 1.807) is 0 Å². The first-order valence-electron chi connectivity index (χ1n) is 6.32. The Morgan fingerprint density at radius 1 is 1.22 bits per heavy atom. The monoisotopic (exact) mass is 243 g/mol. The second kappa shape index (κ2) is 4.37. The highest BCUT2D eigenvalue weighted by Gasteiger charge is 2.40. The van der Waals surface area contributed by atoms with Crippen LogP contribution >= 0.6 is 0 Å². The van der Waals surface area contributed by atoms with Crippen LogP contribution in [0.15, 0.2) is 36.4 Å². The minimum absolute atomic E-state index is 0.534. The molecule has 4 N–H and O–H groups in total. The van der Waals surface area contributed by atoms with Crippen molar-refractivity contribution in [2.45, 2.75) is 18.9 Å². The summed E-state index contributed by atoms with van der Waals surface area (Å²) in [6.45, 7) is 0. The van der Waals surface area contributed by atoms with Gasteiger partial charge in [0.15, 0.2) is 0 Å². The summed E-state index contributed by atoms with van der Waals surface area (Å²) in [4.78, 5) is 10.7. The van der Waals surface area contributed by atoms with E-state index in [2.05, 4.69) is 22.8 Å². The van der Waals surface area contributed by atoms with E-state index in [1.807, 2.05) is 24.3 Å². The number of amides is 2. The molecule has 1 fully saturated rings. The van der Waals surface area contributed by atoms with Crippen LogP contribution in [0.5, 0.6) is 0 Å². The van der Waals surface area contributed by atoms with E-state index in [0.717, 1.165) is 17.3 Å². The average molecular weight is 243 g/mol. The maximum atomic E-state index is 10.7. The molecule has 4 nitrogen and oxygen atoms in total. The molecule has 3 rings (SSSR count). The maximum absolute atomic E-state index is 10.7. The molecule has 2 aliphatic carbocycles. The quantitative estimate of drug-likeness (QED) is 0.714. The highest BCUT2D eigenvalue weighted by molar-refractivity contribution is 5.87. The fraction of sp³-hybridized carbons (Fsp3) is 0.357. The molecule has 2 amide bonds. The molecule has 4 heteroatoms. The largest absolute Gasteiger partial charge is 0.382 e. The van der Waals surface area contributed by atoms with Crippen LogP contribution in [0.3, 0.4) is 0 Å². The average Bonchev–Trinajstić information content (AvgIpc) is 2.69. The van der Waals surface area contributed by atoms with Gasteiger partial charge in [-0.1, -0.05) is 12.2 Å². The van der Waals surface area contributed by atoms with Gasteiger partial charge in [-0.05, 0) is 43.0 Å². The molecular weight excluding hydrogens is 226 g/mol. The van der Waals surface area contributed by atoms with Crippen molar-refractivity contribution in [3.05, 3.63) is 36.4 Å². The topological polar surface area (TPSA) is 67.2 Å². The van der Waals surface area contributed by atoms with Gasteiger partial charge in [0.05, 0.1) is 0 Å². The van der Waals surface area contributed by atoms with Crippen molar-refractivity contribution >= 4 is 17.4 Å². The molecule has 3 unspecified atom stereocenters. The van der Waals surface area contributed by atoms with Crippen molar-refractivity contribution in [2.75, 3.05) is 10.6 Å². The van der Waals surface area contributed by atoms with Gasteiger partial charge >= 0.3 is 6.03 Å². The van der Waals surface area contributed by atoms with Crippen molar-refractivity contribution < 1.29 is 4.79 Å². The zero-order chi connectivity index (χ0) is 12.5. The van der Waals surface area contributed by atoms with Crippen LogP contribution in [0.1, 0.15) is 12.8 Å². The summed E-state index contributed by atoms with van der Waals surface area (Å²) in [5, 5.41) is 6.09. The Balaban J connectivity index is 1.60. The van der Waals surface area contributed by atoms with Gasteiger partial charge in [0.1, 0.15) is 0 Å². The molecule has 2 aliphatic rings. The van der Waals surface area contributed by atoms with Crippen LogP contribution in [0.2, 0.25) is 0 Å². The third kappa shape index (κ3) is 2.06. The number of rotatable bonds is 3. The second-order valence-corrected chi connectivity index (χ2v) is 5.05. The molecule has 0 saturated heterocycles. The summed E-state index contributed by atoms with van der Waals surface area (Å²) < 4.78 is 0. The van der Waals surface area contributed by atoms with Crippen molar-refractivity contribution in [3.63, 3.8) is 0 Å². The minimum Gasteiger partial charge on any atom is -0.382 e. The van der Waals surface area contributed by atoms with Crippen LogP contribution in [0.25, 0.3) is 0 Å². The Morgan fingerprint density at radius 3 is 2.61 bits per heavy atom. The molecule has 0 heterocycles. The van der Waals surface area contributed by atoms with Crippen LogP contribution in [-0.4, -0.2) is 12.1 Å². The lowest BCUT2D eigenvalue weighted by Gasteiger charge is -2.41. The number of carbonyl (C=O) groups excluding carboxylic acids is 1. The number of urea groups is 1. The van der Waals surface area contributed by atoms with Gasteiger partial charge in [-0.3, -0.25) is 0 Å². The highest BCUT2D eigenvalue weighted by Crippen LogP contribution is 2.44. The maximum Gasteiger partial charge on any atom is 0.316 e. The van der Waals surface area contributed by atoms with Gasteiger partial charge in [-0.2, -0.15) is 0 Å². The summed E-state index contributed by atoms with van der Waals surface area (Å²) in [6.07, 6.45) is 7.11. The van der Waals surface area contributed by atoms with Crippen LogP contribution in [0.4, 0.5) is 16.2 Å². The Labute approximate surface area is 106 Å².